The van der Waals surface area contributed by atoms with E-state index in [4.69, 9.17) is 24.9 Å². The van der Waals surface area contributed by atoms with Crippen molar-refractivity contribution in [3.05, 3.63) is 187 Å². The van der Waals surface area contributed by atoms with Crippen LogP contribution in [0.25, 0.3) is 90.4 Å². The molecule has 0 aliphatic carbocycles. The molecule has 11 heteroatoms. The van der Waals surface area contributed by atoms with E-state index in [1.807, 2.05) is 75.9 Å². The first-order valence-electron chi connectivity index (χ1n) is 18.3. The van der Waals surface area contributed by atoms with E-state index >= 15 is 0 Å². The predicted octanol–water partition coefficient (Wildman–Crippen LogP) is 11.4. The van der Waals surface area contributed by atoms with Crippen LogP contribution in [0.5, 0.6) is 0 Å². The molecule has 0 saturated heterocycles. The van der Waals surface area contributed by atoms with Crippen LogP contribution in [0.1, 0.15) is 0 Å². The average Bonchev–Trinajstić information content (AvgIpc) is 3.84. The first kappa shape index (κ1) is 34.7. The SMILES string of the molecule is Fc1ccc(-c2nc(-c3ccc(F)cc3)nc(-c3cc(-c4nc5ccccc5n4-c4ccc(F)cc4)cc(-c4nc5ccccc5n4-c4ccc(F)cc4)c3)n2)cc1. The molecule has 7 nitrogen and oxygen atoms in total. The van der Waals surface area contributed by atoms with Gasteiger partial charge in [-0.25, -0.2) is 42.5 Å². The van der Waals surface area contributed by atoms with E-state index in [0.29, 0.717) is 61.9 Å². The Morgan fingerprint density at radius 1 is 0.310 bits per heavy atom. The van der Waals surface area contributed by atoms with Gasteiger partial charge < -0.3 is 0 Å². The number of hydrogen-bond acceptors (Lipinski definition) is 5. The summed E-state index contributed by atoms with van der Waals surface area (Å²) in [5.74, 6) is 0.334. The third-order valence-electron chi connectivity index (χ3n) is 9.84. The highest BCUT2D eigenvalue weighted by Gasteiger charge is 2.22. The fourth-order valence-corrected chi connectivity index (χ4v) is 7.12. The number of aromatic nitrogens is 7. The molecule has 3 aromatic heterocycles. The van der Waals surface area contributed by atoms with E-state index in [0.717, 1.165) is 11.0 Å². The number of halogens is 4. The summed E-state index contributed by atoms with van der Waals surface area (Å²) < 4.78 is 60.7. The molecule has 0 saturated carbocycles. The highest BCUT2D eigenvalue weighted by atomic mass is 19.1. The maximum atomic E-state index is 14.3. The minimum Gasteiger partial charge on any atom is -0.292 e. The largest absolute Gasteiger partial charge is 0.292 e. The van der Waals surface area contributed by atoms with Crippen LogP contribution in [0.15, 0.2) is 164 Å². The standard InChI is InChI=1S/C47H27F4N7/c48-33-13-9-28(10-14-33)43-54-44(29-11-15-34(49)16-12-29)56-45(55-43)30-25-31(46-52-39-5-1-3-7-41(39)57(46)37-21-17-35(50)18-22-37)27-32(26-30)47-53-40-6-2-4-8-42(40)58(47)38-23-19-36(51)20-24-38/h1-27H. The second-order valence-corrected chi connectivity index (χ2v) is 13.6. The molecule has 278 valence electrons. The highest BCUT2D eigenvalue weighted by Crippen LogP contribution is 2.37. The molecule has 0 aliphatic heterocycles. The van der Waals surface area contributed by atoms with Crippen LogP contribution in [0, 0.1) is 23.3 Å². The second kappa shape index (κ2) is 14.1. The molecule has 58 heavy (non-hydrogen) atoms. The zero-order valence-electron chi connectivity index (χ0n) is 30.2. The Morgan fingerprint density at radius 3 is 1.03 bits per heavy atom. The van der Waals surface area contributed by atoms with Gasteiger partial charge in [-0.3, -0.25) is 9.13 Å². The summed E-state index contributed by atoms with van der Waals surface area (Å²) in [6, 6.07) is 45.2. The molecular weight excluding hydrogens is 739 g/mol. The molecule has 3 heterocycles. The first-order chi connectivity index (χ1) is 28.3. The molecule has 10 rings (SSSR count). The second-order valence-electron chi connectivity index (χ2n) is 13.6. The topological polar surface area (TPSA) is 74.3 Å². The zero-order chi connectivity index (χ0) is 39.3. The Bertz CT molecular complexity index is 2930. The van der Waals surface area contributed by atoms with Gasteiger partial charge in [-0.05, 0) is 140 Å². The molecule has 0 N–H and O–H groups in total. The number of fused-ring (bicyclic) bond motifs is 2. The maximum Gasteiger partial charge on any atom is 0.164 e. The van der Waals surface area contributed by atoms with Crippen molar-refractivity contribution in [2.75, 3.05) is 0 Å². The van der Waals surface area contributed by atoms with Crippen molar-refractivity contribution in [2.24, 2.45) is 0 Å². The molecular formula is C47H27F4N7. The summed E-state index contributed by atoms with van der Waals surface area (Å²) in [6.45, 7) is 0. The van der Waals surface area contributed by atoms with Crippen molar-refractivity contribution in [1.82, 2.24) is 34.1 Å². The molecule has 7 aromatic carbocycles. The van der Waals surface area contributed by atoms with E-state index in [1.165, 1.54) is 48.5 Å². The van der Waals surface area contributed by atoms with Crippen molar-refractivity contribution in [3.63, 3.8) is 0 Å². The van der Waals surface area contributed by atoms with Gasteiger partial charge >= 0.3 is 0 Å². The van der Waals surface area contributed by atoms with Crippen LogP contribution in [0.3, 0.4) is 0 Å². The van der Waals surface area contributed by atoms with Gasteiger partial charge in [0.25, 0.3) is 0 Å². The quantitative estimate of drug-likeness (QED) is 0.151. The van der Waals surface area contributed by atoms with Gasteiger partial charge in [0.2, 0.25) is 0 Å². The van der Waals surface area contributed by atoms with Gasteiger partial charge in [0, 0.05) is 39.2 Å². The normalized spacial score (nSPS) is 11.4. The van der Waals surface area contributed by atoms with E-state index in [-0.39, 0.29) is 29.1 Å². The van der Waals surface area contributed by atoms with Crippen molar-refractivity contribution in [2.45, 2.75) is 0 Å². The van der Waals surface area contributed by atoms with Gasteiger partial charge in [0.1, 0.15) is 34.9 Å². The van der Waals surface area contributed by atoms with Crippen LogP contribution >= 0.6 is 0 Å². The van der Waals surface area contributed by atoms with Crippen LogP contribution in [0.2, 0.25) is 0 Å². The molecule has 10 aromatic rings. The van der Waals surface area contributed by atoms with E-state index in [1.54, 1.807) is 48.5 Å². The molecule has 0 amide bonds. The maximum absolute atomic E-state index is 14.3. The van der Waals surface area contributed by atoms with Crippen LogP contribution in [-0.2, 0) is 0 Å². The number of hydrogen-bond donors (Lipinski definition) is 0. The number of imidazole rings is 2. The van der Waals surface area contributed by atoms with Crippen LogP contribution in [-0.4, -0.2) is 34.1 Å². The van der Waals surface area contributed by atoms with E-state index in [2.05, 4.69) is 0 Å². The van der Waals surface area contributed by atoms with Crippen LogP contribution in [0.4, 0.5) is 17.6 Å². The number of para-hydroxylation sites is 4. The average molecular weight is 766 g/mol. The number of benzene rings is 7. The lowest BCUT2D eigenvalue weighted by molar-refractivity contribution is 0.627. The van der Waals surface area contributed by atoms with Gasteiger partial charge in [0.15, 0.2) is 17.5 Å². The molecule has 0 fully saturated rings. The van der Waals surface area contributed by atoms with Crippen molar-refractivity contribution in [1.29, 1.82) is 0 Å². The summed E-state index contributed by atoms with van der Waals surface area (Å²) in [5, 5.41) is 0. The monoisotopic (exact) mass is 765 g/mol. The van der Waals surface area contributed by atoms with Crippen molar-refractivity contribution < 1.29 is 17.6 Å². The Labute approximate surface area is 328 Å². The Balaban J connectivity index is 1.28. The third-order valence-corrected chi connectivity index (χ3v) is 9.84. The lowest BCUT2D eigenvalue weighted by atomic mass is 10.0. The minimum atomic E-state index is -0.415. The Hall–Kier alpha value is -7.79. The lowest BCUT2D eigenvalue weighted by Crippen LogP contribution is -2.03. The van der Waals surface area contributed by atoms with Gasteiger partial charge in [-0.15, -0.1) is 0 Å². The molecule has 0 aliphatic rings. The van der Waals surface area contributed by atoms with Crippen molar-refractivity contribution in [3.8, 4) is 68.3 Å². The minimum absolute atomic E-state index is 0.269. The zero-order valence-corrected chi connectivity index (χ0v) is 30.2. The first-order valence-corrected chi connectivity index (χ1v) is 18.3. The van der Waals surface area contributed by atoms with Gasteiger partial charge in [-0.2, -0.15) is 0 Å². The lowest BCUT2D eigenvalue weighted by Gasteiger charge is -2.15. The molecule has 0 unspecified atom stereocenters. The summed E-state index contributed by atoms with van der Waals surface area (Å²) in [7, 11) is 0. The fourth-order valence-electron chi connectivity index (χ4n) is 7.12. The van der Waals surface area contributed by atoms with Gasteiger partial charge in [0.05, 0.1) is 22.1 Å². The third kappa shape index (κ3) is 6.34. The Morgan fingerprint density at radius 2 is 0.638 bits per heavy atom. The fraction of sp³-hybridized carbons (Fsp3) is 0. The Kier molecular flexibility index (Phi) is 8.40. The molecule has 0 bridgehead atoms. The molecule has 0 spiro atoms. The van der Waals surface area contributed by atoms with Crippen LogP contribution < -0.4 is 0 Å². The summed E-state index contributed by atoms with van der Waals surface area (Å²) in [6.07, 6.45) is 0. The summed E-state index contributed by atoms with van der Waals surface area (Å²) in [4.78, 5) is 24.8. The smallest absolute Gasteiger partial charge is 0.164 e. The summed E-state index contributed by atoms with van der Waals surface area (Å²) >= 11 is 0. The molecule has 0 radical (unpaired) electrons. The van der Waals surface area contributed by atoms with Gasteiger partial charge in [-0.1, -0.05) is 24.3 Å². The van der Waals surface area contributed by atoms with E-state index in [9.17, 15) is 17.6 Å². The van der Waals surface area contributed by atoms with E-state index < -0.39 is 11.6 Å². The van der Waals surface area contributed by atoms with Crippen molar-refractivity contribution >= 4 is 22.1 Å². The number of rotatable bonds is 7. The molecule has 0 atom stereocenters. The predicted molar refractivity (Wildman–Crippen MR) is 216 cm³/mol. The number of nitrogens with zero attached hydrogens (tertiary/aromatic N) is 7. The summed E-state index contributed by atoms with van der Waals surface area (Å²) in [5.41, 5.74) is 7.34. The highest BCUT2D eigenvalue weighted by molar-refractivity contribution is 5.88.